The SMILES string of the molecule is Cc1cccc(CN2C(=O)NC(C)(c3cccc4ccccc34)C2=O)c1. The van der Waals surface area contributed by atoms with Gasteiger partial charge in [0, 0.05) is 0 Å². The minimum atomic E-state index is -1.07. The Morgan fingerprint density at radius 1 is 0.962 bits per heavy atom. The van der Waals surface area contributed by atoms with Crippen LogP contribution in [0.15, 0.2) is 66.7 Å². The summed E-state index contributed by atoms with van der Waals surface area (Å²) in [6.07, 6.45) is 0. The number of aryl methyl sites for hydroxylation is 1. The van der Waals surface area contributed by atoms with E-state index in [1.54, 1.807) is 6.92 Å². The molecular weight excluding hydrogens is 324 g/mol. The summed E-state index contributed by atoms with van der Waals surface area (Å²) in [6.45, 7) is 4.05. The Morgan fingerprint density at radius 2 is 1.69 bits per heavy atom. The van der Waals surface area contributed by atoms with E-state index in [2.05, 4.69) is 5.32 Å². The Morgan fingerprint density at radius 3 is 2.50 bits per heavy atom. The molecule has 1 aliphatic rings. The first-order valence-electron chi connectivity index (χ1n) is 8.67. The number of urea groups is 1. The molecule has 0 bridgehead atoms. The maximum Gasteiger partial charge on any atom is 0.325 e. The first kappa shape index (κ1) is 16.3. The first-order valence-corrected chi connectivity index (χ1v) is 8.67. The minimum absolute atomic E-state index is 0.222. The first-order chi connectivity index (χ1) is 12.5. The van der Waals surface area contributed by atoms with Gasteiger partial charge >= 0.3 is 6.03 Å². The van der Waals surface area contributed by atoms with E-state index < -0.39 is 5.54 Å². The van der Waals surface area contributed by atoms with E-state index in [1.165, 1.54) is 4.90 Å². The van der Waals surface area contributed by atoms with E-state index in [0.29, 0.717) is 0 Å². The lowest BCUT2D eigenvalue weighted by Gasteiger charge is -2.24. The Balaban J connectivity index is 1.73. The van der Waals surface area contributed by atoms with Gasteiger partial charge in [0.25, 0.3) is 5.91 Å². The molecule has 4 nitrogen and oxygen atoms in total. The zero-order chi connectivity index (χ0) is 18.3. The number of rotatable bonds is 3. The topological polar surface area (TPSA) is 49.4 Å². The second-order valence-corrected chi connectivity index (χ2v) is 6.96. The normalized spacial score (nSPS) is 19.8. The van der Waals surface area contributed by atoms with Crippen LogP contribution in [0.1, 0.15) is 23.6 Å². The molecule has 0 aliphatic carbocycles. The minimum Gasteiger partial charge on any atom is -0.319 e. The molecule has 0 spiro atoms. The van der Waals surface area contributed by atoms with E-state index >= 15 is 0 Å². The summed E-state index contributed by atoms with van der Waals surface area (Å²) in [5.74, 6) is -0.222. The molecule has 1 unspecified atom stereocenters. The lowest BCUT2D eigenvalue weighted by Crippen LogP contribution is -2.41. The second kappa shape index (κ2) is 5.99. The molecular formula is C22H20N2O2. The van der Waals surface area contributed by atoms with Gasteiger partial charge < -0.3 is 5.32 Å². The van der Waals surface area contributed by atoms with Crippen LogP contribution in [0.3, 0.4) is 0 Å². The van der Waals surface area contributed by atoms with Crippen molar-refractivity contribution in [3.8, 4) is 0 Å². The molecule has 1 saturated heterocycles. The molecule has 3 aromatic rings. The van der Waals surface area contributed by atoms with Crippen molar-refractivity contribution in [3.05, 3.63) is 83.4 Å². The molecule has 4 rings (SSSR count). The monoisotopic (exact) mass is 344 g/mol. The standard InChI is InChI=1S/C22H20N2O2/c1-15-7-5-8-16(13-15)14-24-20(25)22(2,23-21(24)26)19-12-6-10-17-9-3-4-11-18(17)19/h3-13H,14H2,1-2H3,(H,23,26). The Bertz CT molecular complexity index is 1020. The lowest BCUT2D eigenvalue weighted by atomic mass is 9.88. The molecule has 1 heterocycles. The van der Waals surface area contributed by atoms with Crippen LogP contribution in [0.4, 0.5) is 4.79 Å². The molecule has 4 heteroatoms. The van der Waals surface area contributed by atoms with Crippen LogP contribution in [0.25, 0.3) is 10.8 Å². The maximum atomic E-state index is 13.2. The van der Waals surface area contributed by atoms with Crippen LogP contribution in [-0.4, -0.2) is 16.8 Å². The number of carbonyl (C=O) groups excluding carboxylic acids is 2. The van der Waals surface area contributed by atoms with E-state index in [9.17, 15) is 9.59 Å². The molecule has 0 radical (unpaired) electrons. The van der Waals surface area contributed by atoms with Crippen molar-refractivity contribution in [2.75, 3.05) is 0 Å². The number of amides is 3. The summed E-state index contributed by atoms with van der Waals surface area (Å²) < 4.78 is 0. The zero-order valence-electron chi connectivity index (χ0n) is 14.8. The van der Waals surface area contributed by atoms with E-state index in [4.69, 9.17) is 0 Å². The summed E-state index contributed by atoms with van der Waals surface area (Å²) in [7, 11) is 0. The van der Waals surface area contributed by atoms with Crippen LogP contribution >= 0.6 is 0 Å². The molecule has 1 atom stereocenters. The van der Waals surface area contributed by atoms with Gasteiger partial charge in [0.2, 0.25) is 0 Å². The summed E-state index contributed by atoms with van der Waals surface area (Å²) >= 11 is 0. The second-order valence-electron chi connectivity index (χ2n) is 6.96. The van der Waals surface area contributed by atoms with E-state index in [-0.39, 0.29) is 18.5 Å². The lowest BCUT2D eigenvalue weighted by molar-refractivity contribution is -0.131. The van der Waals surface area contributed by atoms with Crippen molar-refractivity contribution in [1.82, 2.24) is 10.2 Å². The van der Waals surface area contributed by atoms with E-state index in [0.717, 1.165) is 27.5 Å². The van der Waals surface area contributed by atoms with Gasteiger partial charge in [-0.05, 0) is 35.7 Å². The van der Waals surface area contributed by atoms with Crippen molar-refractivity contribution >= 4 is 22.7 Å². The third kappa shape index (κ3) is 2.54. The third-order valence-corrected chi connectivity index (χ3v) is 5.03. The number of fused-ring (bicyclic) bond motifs is 1. The highest BCUT2D eigenvalue weighted by molar-refractivity contribution is 6.09. The number of benzene rings is 3. The van der Waals surface area contributed by atoms with Crippen molar-refractivity contribution in [3.63, 3.8) is 0 Å². The van der Waals surface area contributed by atoms with Crippen LogP contribution in [0, 0.1) is 6.92 Å². The summed E-state index contributed by atoms with van der Waals surface area (Å²) in [4.78, 5) is 27.1. The van der Waals surface area contributed by atoms with Gasteiger partial charge in [0.05, 0.1) is 6.54 Å². The van der Waals surface area contributed by atoms with Crippen molar-refractivity contribution < 1.29 is 9.59 Å². The van der Waals surface area contributed by atoms with Gasteiger partial charge in [-0.3, -0.25) is 9.69 Å². The summed E-state index contributed by atoms with van der Waals surface area (Å²) in [5.41, 5.74) is 1.80. The highest BCUT2D eigenvalue weighted by Gasteiger charge is 2.49. The predicted octanol–water partition coefficient (Wildman–Crippen LogP) is 4.12. The van der Waals surface area contributed by atoms with Crippen LogP contribution in [0.2, 0.25) is 0 Å². The van der Waals surface area contributed by atoms with Gasteiger partial charge in [0.1, 0.15) is 5.54 Å². The van der Waals surface area contributed by atoms with Crippen molar-refractivity contribution in [2.24, 2.45) is 0 Å². The average Bonchev–Trinajstić information content (AvgIpc) is 2.85. The summed E-state index contributed by atoms with van der Waals surface area (Å²) in [5, 5.41) is 4.93. The smallest absolute Gasteiger partial charge is 0.319 e. The highest BCUT2D eigenvalue weighted by atomic mass is 16.2. The van der Waals surface area contributed by atoms with Gasteiger partial charge in [-0.2, -0.15) is 0 Å². The predicted molar refractivity (Wildman–Crippen MR) is 102 cm³/mol. The highest BCUT2D eigenvalue weighted by Crippen LogP contribution is 2.34. The number of imide groups is 1. The molecule has 1 fully saturated rings. The quantitative estimate of drug-likeness (QED) is 0.727. The van der Waals surface area contributed by atoms with Gasteiger partial charge in [0.15, 0.2) is 0 Å². The molecule has 0 saturated carbocycles. The number of nitrogens with one attached hydrogen (secondary N) is 1. The van der Waals surface area contributed by atoms with Crippen LogP contribution < -0.4 is 5.32 Å². The van der Waals surface area contributed by atoms with E-state index in [1.807, 2.05) is 73.7 Å². The number of hydrogen-bond donors (Lipinski definition) is 1. The fourth-order valence-electron chi connectivity index (χ4n) is 3.68. The molecule has 1 N–H and O–H groups in total. The zero-order valence-corrected chi connectivity index (χ0v) is 14.8. The number of hydrogen-bond acceptors (Lipinski definition) is 2. The molecule has 26 heavy (non-hydrogen) atoms. The van der Waals surface area contributed by atoms with Crippen LogP contribution in [0.5, 0.6) is 0 Å². The molecule has 3 aromatic carbocycles. The van der Waals surface area contributed by atoms with Crippen LogP contribution in [-0.2, 0) is 16.9 Å². The maximum absolute atomic E-state index is 13.2. The average molecular weight is 344 g/mol. The molecule has 3 amide bonds. The Labute approximate surface area is 152 Å². The van der Waals surface area contributed by atoms with Gasteiger partial charge in [-0.15, -0.1) is 0 Å². The molecule has 0 aromatic heterocycles. The largest absolute Gasteiger partial charge is 0.325 e. The van der Waals surface area contributed by atoms with Crippen molar-refractivity contribution in [2.45, 2.75) is 25.9 Å². The van der Waals surface area contributed by atoms with Crippen molar-refractivity contribution in [1.29, 1.82) is 0 Å². The fourth-order valence-corrected chi connectivity index (χ4v) is 3.68. The third-order valence-electron chi connectivity index (χ3n) is 5.03. The van der Waals surface area contributed by atoms with Gasteiger partial charge in [-0.1, -0.05) is 72.3 Å². The molecule has 1 aliphatic heterocycles. The Kier molecular flexibility index (Phi) is 3.76. The Hall–Kier alpha value is -3.14. The number of carbonyl (C=O) groups is 2. The van der Waals surface area contributed by atoms with Gasteiger partial charge in [-0.25, -0.2) is 4.79 Å². The fraction of sp³-hybridized carbons (Fsp3) is 0.182. The molecule has 130 valence electrons. The number of nitrogens with zero attached hydrogens (tertiary/aromatic N) is 1. The summed E-state index contributed by atoms with van der Waals surface area (Å²) in [6, 6.07) is 21.3.